The van der Waals surface area contributed by atoms with Crippen LogP contribution in [0.15, 0.2) is 30.5 Å². The van der Waals surface area contributed by atoms with Crippen molar-refractivity contribution in [3.63, 3.8) is 0 Å². The Morgan fingerprint density at radius 1 is 1.43 bits per heavy atom. The van der Waals surface area contributed by atoms with Gasteiger partial charge in [0.1, 0.15) is 17.8 Å². The second-order valence-electron chi connectivity index (χ2n) is 6.78. The Kier molecular flexibility index (Phi) is 6.28. The lowest BCUT2D eigenvalue weighted by Crippen LogP contribution is -2.25. The van der Waals surface area contributed by atoms with E-state index < -0.39 is 11.9 Å². The molecular weight excluding hydrogens is 401 g/mol. The van der Waals surface area contributed by atoms with Crippen LogP contribution in [0.3, 0.4) is 0 Å². The molecule has 0 amide bonds. The zero-order valence-corrected chi connectivity index (χ0v) is 16.7. The summed E-state index contributed by atoms with van der Waals surface area (Å²) in [6.45, 7) is 3.33. The van der Waals surface area contributed by atoms with Crippen LogP contribution in [0.25, 0.3) is 0 Å². The average molecular weight is 420 g/mol. The second-order valence-corrected chi connectivity index (χ2v) is 7.60. The number of hydrogen-bond acceptors (Lipinski definition) is 5. The Labute approximate surface area is 173 Å². The lowest BCUT2D eigenvalue weighted by Gasteiger charge is -2.19. The maximum absolute atomic E-state index is 11.0. The summed E-state index contributed by atoms with van der Waals surface area (Å²) in [6.07, 6.45) is 2.49. The van der Waals surface area contributed by atoms with Crippen molar-refractivity contribution in [3.05, 3.63) is 51.6 Å². The Bertz CT molecular complexity index is 889. The summed E-state index contributed by atoms with van der Waals surface area (Å²) in [5, 5.41) is 18.9. The fourth-order valence-corrected chi connectivity index (χ4v) is 3.83. The molecule has 1 aromatic carbocycles. The summed E-state index contributed by atoms with van der Waals surface area (Å²) in [6, 6.07) is 9.06. The lowest BCUT2D eigenvalue weighted by molar-refractivity contribution is -0.139. The molecule has 1 saturated heterocycles. The number of carbonyl (C=O) groups is 1. The van der Waals surface area contributed by atoms with E-state index in [4.69, 9.17) is 38.3 Å². The molecule has 1 aliphatic heterocycles. The lowest BCUT2D eigenvalue weighted by atomic mass is 10.0. The predicted molar refractivity (Wildman–Crippen MR) is 107 cm³/mol. The van der Waals surface area contributed by atoms with Crippen LogP contribution < -0.4 is 9.64 Å². The predicted octanol–water partition coefficient (Wildman–Crippen LogP) is 4.12. The van der Waals surface area contributed by atoms with Gasteiger partial charge in [0.25, 0.3) is 0 Å². The van der Waals surface area contributed by atoms with Crippen molar-refractivity contribution in [2.45, 2.75) is 25.9 Å². The number of rotatable bonds is 6. The second kappa shape index (κ2) is 8.68. The summed E-state index contributed by atoms with van der Waals surface area (Å²) in [5.41, 5.74) is 1.68. The molecule has 6 nitrogen and oxygen atoms in total. The fourth-order valence-electron chi connectivity index (χ4n) is 3.15. The van der Waals surface area contributed by atoms with E-state index in [-0.39, 0.29) is 12.5 Å². The molecule has 3 rings (SSSR count). The number of aliphatic carboxylic acids is 1. The molecule has 28 heavy (non-hydrogen) atoms. The van der Waals surface area contributed by atoms with Crippen LogP contribution in [-0.4, -0.2) is 35.3 Å². The van der Waals surface area contributed by atoms with Gasteiger partial charge in [-0.05, 0) is 36.2 Å². The minimum atomic E-state index is -1.13. The first-order chi connectivity index (χ1) is 13.4. The molecule has 0 radical (unpaired) electrons. The van der Waals surface area contributed by atoms with Crippen molar-refractivity contribution in [3.8, 4) is 11.8 Å². The van der Waals surface area contributed by atoms with E-state index in [1.807, 2.05) is 25.1 Å². The molecule has 2 unspecified atom stereocenters. The van der Waals surface area contributed by atoms with Crippen LogP contribution in [0, 0.1) is 24.2 Å². The van der Waals surface area contributed by atoms with Gasteiger partial charge < -0.3 is 14.7 Å². The van der Waals surface area contributed by atoms with Crippen molar-refractivity contribution < 1.29 is 14.6 Å². The van der Waals surface area contributed by atoms with E-state index in [1.54, 1.807) is 18.3 Å². The van der Waals surface area contributed by atoms with Gasteiger partial charge in [-0.25, -0.2) is 4.98 Å². The molecule has 146 valence electrons. The van der Waals surface area contributed by atoms with E-state index in [0.717, 1.165) is 24.3 Å². The van der Waals surface area contributed by atoms with Gasteiger partial charge >= 0.3 is 5.97 Å². The number of pyridine rings is 1. The Morgan fingerprint density at radius 2 is 2.14 bits per heavy atom. The number of halogens is 2. The summed E-state index contributed by atoms with van der Waals surface area (Å²) < 4.78 is 6.03. The highest BCUT2D eigenvalue weighted by Gasteiger charge is 2.26. The Hall–Kier alpha value is -2.49. The number of ether oxygens (including phenoxy) is 1. The van der Waals surface area contributed by atoms with Crippen LogP contribution in [0.4, 0.5) is 5.82 Å². The third-order valence-electron chi connectivity index (χ3n) is 4.60. The molecule has 0 saturated carbocycles. The molecular formula is C20H19Cl2N3O3. The number of carboxylic acids is 1. The number of benzene rings is 1. The van der Waals surface area contributed by atoms with Crippen molar-refractivity contribution in [1.29, 1.82) is 5.26 Å². The summed E-state index contributed by atoms with van der Waals surface area (Å²) in [7, 11) is 0. The zero-order chi connectivity index (χ0) is 20.3. The van der Waals surface area contributed by atoms with Gasteiger partial charge in [-0.15, -0.1) is 0 Å². The van der Waals surface area contributed by atoms with Gasteiger partial charge in [0, 0.05) is 25.6 Å². The fraction of sp³-hybridized carbons (Fsp3) is 0.350. The monoisotopic (exact) mass is 419 g/mol. The highest BCUT2D eigenvalue weighted by Crippen LogP contribution is 2.36. The molecule has 0 bridgehead atoms. The standard InChI is InChI=1S/C20H19Cl2N3O3/c1-12-6-16(21)19(17(22)7-12)28-15-4-5-25(11-15)18-3-2-13(10-24-18)8-14(9-23)20(26)27/h2-3,6-7,10,14-15H,4-5,8,11H2,1H3,(H,26,27). The first-order valence-electron chi connectivity index (χ1n) is 8.82. The molecule has 1 fully saturated rings. The van der Waals surface area contributed by atoms with E-state index in [1.165, 1.54) is 0 Å². The third-order valence-corrected chi connectivity index (χ3v) is 5.16. The minimum Gasteiger partial charge on any atom is -0.485 e. The van der Waals surface area contributed by atoms with Crippen molar-refractivity contribution in [2.24, 2.45) is 5.92 Å². The van der Waals surface area contributed by atoms with E-state index >= 15 is 0 Å². The normalized spacial score (nSPS) is 17.2. The summed E-state index contributed by atoms with van der Waals surface area (Å²) in [5.74, 6) is -0.916. The molecule has 1 N–H and O–H groups in total. The van der Waals surface area contributed by atoms with Crippen LogP contribution in [-0.2, 0) is 11.2 Å². The number of carboxylic acid groups (broad SMARTS) is 1. The number of hydrogen-bond donors (Lipinski definition) is 1. The molecule has 0 aliphatic carbocycles. The molecule has 2 atom stereocenters. The number of aryl methyl sites for hydroxylation is 1. The van der Waals surface area contributed by atoms with Crippen LogP contribution in [0.5, 0.6) is 5.75 Å². The average Bonchev–Trinajstić information content (AvgIpc) is 3.11. The number of aromatic nitrogens is 1. The molecule has 2 heterocycles. The van der Waals surface area contributed by atoms with E-state index in [2.05, 4.69) is 9.88 Å². The molecule has 1 aromatic heterocycles. The van der Waals surface area contributed by atoms with E-state index in [9.17, 15) is 4.79 Å². The minimum absolute atomic E-state index is 0.0610. The Morgan fingerprint density at radius 3 is 2.71 bits per heavy atom. The van der Waals surface area contributed by atoms with Crippen LogP contribution in [0.2, 0.25) is 10.0 Å². The first kappa shape index (κ1) is 20.2. The Balaban J connectivity index is 1.63. The van der Waals surface area contributed by atoms with Crippen molar-refractivity contribution in [2.75, 3.05) is 18.0 Å². The number of nitrogens with zero attached hydrogens (tertiary/aromatic N) is 3. The SMILES string of the molecule is Cc1cc(Cl)c(OC2CCN(c3ccc(CC(C#N)C(=O)O)cn3)C2)c(Cl)c1. The number of nitriles is 1. The topological polar surface area (TPSA) is 86.5 Å². The quantitative estimate of drug-likeness (QED) is 0.757. The van der Waals surface area contributed by atoms with Gasteiger partial charge in [-0.2, -0.15) is 5.26 Å². The largest absolute Gasteiger partial charge is 0.485 e. The molecule has 2 aromatic rings. The highest BCUT2D eigenvalue weighted by molar-refractivity contribution is 6.37. The maximum Gasteiger partial charge on any atom is 0.321 e. The molecule has 0 spiro atoms. The van der Waals surface area contributed by atoms with Crippen molar-refractivity contribution in [1.82, 2.24) is 4.98 Å². The van der Waals surface area contributed by atoms with Crippen LogP contribution in [0.1, 0.15) is 17.5 Å². The maximum atomic E-state index is 11.0. The summed E-state index contributed by atoms with van der Waals surface area (Å²) in [4.78, 5) is 17.5. The van der Waals surface area contributed by atoms with Gasteiger partial charge in [0.15, 0.2) is 5.75 Å². The summed E-state index contributed by atoms with van der Waals surface area (Å²) >= 11 is 12.5. The smallest absolute Gasteiger partial charge is 0.321 e. The van der Waals surface area contributed by atoms with Crippen molar-refractivity contribution >= 4 is 35.0 Å². The van der Waals surface area contributed by atoms with Gasteiger partial charge in [-0.1, -0.05) is 29.3 Å². The third kappa shape index (κ3) is 4.67. The highest BCUT2D eigenvalue weighted by atomic mass is 35.5. The van der Waals surface area contributed by atoms with Crippen LogP contribution >= 0.6 is 23.2 Å². The molecule has 8 heteroatoms. The number of anilines is 1. The zero-order valence-electron chi connectivity index (χ0n) is 15.2. The van der Waals surface area contributed by atoms with Gasteiger partial charge in [0.05, 0.1) is 22.7 Å². The first-order valence-corrected chi connectivity index (χ1v) is 9.57. The molecule has 1 aliphatic rings. The van der Waals surface area contributed by atoms with Gasteiger partial charge in [0.2, 0.25) is 0 Å². The van der Waals surface area contributed by atoms with E-state index in [0.29, 0.717) is 27.9 Å². The van der Waals surface area contributed by atoms with Gasteiger partial charge in [-0.3, -0.25) is 4.79 Å².